The zero-order valence-electron chi connectivity index (χ0n) is 12.3. The quantitative estimate of drug-likeness (QED) is 0.840. The monoisotopic (exact) mass is 366 g/mol. The van der Waals surface area contributed by atoms with Crippen molar-refractivity contribution < 1.29 is 0 Å². The molecule has 0 heterocycles. The molecule has 21 heavy (non-hydrogen) atoms. The minimum atomic E-state index is 0.0931. The van der Waals surface area contributed by atoms with Crippen molar-refractivity contribution in [3.8, 4) is 0 Å². The van der Waals surface area contributed by atoms with Crippen molar-refractivity contribution in [3.05, 3.63) is 68.7 Å². The highest BCUT2D eigenvalue weighted by Crippen LogP contribution is 2.30. The molecule has 0 aromatic heterocycles. The minimum Gasteiger partial charge on any atom is -0.329 e. The molecule has 2 N–H and O–H groups in total. The van der Waals surface area contributed by atoms with Crippen LogP contribution in [0.1, 0.15) is 22.7 Å². The number of hydrogen-bond donors (Lipinski definition) is 1. The molecule has 2 aromatic rings. The molecule has 0 aliphatic rings. The molecule has 2 nitrogen and oxygen atoms in total. The molecule has 0 saturated carbocycles. The summed E-state index contributed by atoms with van der Waals surface area (Å²) in [7, 11) is 2.08. The van der Waals surface area contributed by atoms with Gasteiger partial charge in [0.15, 0.2) is 0 Å². The van der Waals surface area contributed by atoms with Gasteiger partial charge in [-0.1, -0.05) is 57.4 Å². The molecule has 1 unspecified atom stereocenters. The van der Waals surface area contributed by atoms with E-state index >= 15 is 0 Å². The molecule has 112 valence electrons. The van der Waals surface area contributed by atoms with Gasteiger partial charge in [-0.3, -0.25) is 4.90 Å². The zero-order valence-corrected chi connectivity index (χ0v) is 14.7. The molecular formula is C17H20BrClN2. The average molecular weight is 368 g/mol. The number of nitrogens with two attached hydrogens (primary N) is 1. The molecule has 0 aliphatic carbocycles. The van der Waals surface area contributed by atoms with E-state index in [1.165, 1.54) is 11.1 Å². The van der Waals surface area contributed by atoms with E-state index < -0.39 is 0 Å². The molecule has 0 aliphatic heterocycles. The molecule has 1 atom stereocenters. The lowest BCUT2D eigenvalue weighted by Crippen LogP contribution is -2.30. The van der Waals surface area contributed by atoms with E-state index in [4.69, 9.17) is 17.3 Å². The largest absolute Gasteiger partial charge is 0.329 e. The molecule has 0 fully saturated rings. The van der Waals surface area contributed by atoms with E-state index in [1.54, 1.807) is 0 Å². The van der Waals surface area contributed by atoms with Crippen LogP contribution in [0.25, 0.3) is 0 Å². The summed E-state index contributed by atoms with van der Waals surface area (Å²) < 4.78 is 1.02. The summed E-state index contributed by atoms with van der Waals surface area (Å²) in [5.41, 5.74) is 9.60. The highest BCUT2D eigenvalue weighted by atomic mass is 79.9. The van der Waals surface area contributed by atoms with E-state index in [-0.39, 0.29) is 6.04 Å². The van der Waals surface area contributed by atoms with Gasteiger partial charge in [-0.15, -0.1) is 0 Å². The summed E-state index contributed by atoms with van der Waals surface area (Å²) in [6.45, 7) is 3.47. The lowest BCUT2D eigenvalue weighted by atomic mass is 10.0. The molecule has 2 aromatic carbocycles. The first-order valence-electron chi connectivity index (χ1n) is 6.92. The summed E-state index contributed by atoms with van der Waals surface area (Å²) in [6, 6.07) is 14.5. The van der Waals surface area contributed by atoms with Crippen LogP contribution >= 0.6 is 27.5 Å². The average Bonchev–Trinajstić information content (AvgIpc) is 2.43. The summed E-state index contributed by atoms with van der Waals surface area (Å²) in [6.07, 6.45) is 0. The van der Waals surface area contributed by atoms with Crippen molar-refractivity contribution in [3.63, 3.8) is 0 Å². The Kier molecular flexibility index (Phi) is 5.82. The molecule has 0 bridgehead atoms. The number of aryl methyl sites for hydroxylation is 1. The highest BCUT2D eigenvalue weighted by Gasteiger charge is 2.18. The molecule has 0 saturated heterocycles. The van der Waals surface area contributed by atoms with Crippen LogP contribution in [0.4, 0.5) is 0 Å². The van der Waals surface area contributed by atoms with Gasteiger partial charge in [0.05, 0.1) is 0 Å². The lowest BCUT2D eigenvalue weighted by molar-refractivity contribution is 0.242. The van der Waals surface area contributed by atoms with Crippen LogP contribution in [-0.2, 0) is 6.54 Å². The molecule has 0 radical (unpaired) electrons. The third-order valence-electron chi connectivity index (χ3n) is 3.59. The molecular weight excluding hydrogens is 348 g/mol. The summed E-state index contributed by atoms with van der Waals surface area (Å²) >= 11 is 9.84. The Morgan fingerprint density at radius 2 is 2.00 bits per heavy atom. The van der Waals surface area contributed by atoms with Crippen LogP contribution in [0, 0.1) is 6.92 Å². The predicted molar refractivity (Wildman–Crippen MR) is 93.6 cm³/mol. The van der Waals surface area contributed by atoms with Gasteiger partial charge in [-0.25, -0.2) is 0 Å². The zero-order chi connectivity index (χ0) is 15.4. The van der Waals surface area contributed by atoms with Gasteiger partial charge in [0.2, 0.25) is 0 Å². The maximum atomic E-state index is 6.34. The number of rotatable bonds is 5. The Morgan fingerprint density at radius 1 is 1.24 bits per heavy atom. The van der Waals surface area contributed by atoms with Gasteiger partial charge in [-0.05, 0) is 43.3 Å². The summed E-state index contributed by atoms with van der Waals surface area (Å²) in [5.74, 6) is 0. The van der Waals surface area contributed by atoms with Crippen LogP contribution in [0.15, 0.2) is 46.9 Å². The fraction of sp³-hybridized carbons (Fsp3) is 0.294. The Balaban J connectivity index is 2.22. The minimum absolute atomic E-state index is 0.0931. The van der Waals surface area contributed by atoms with E-state index in [2.05, 4.69) is 59.1 Å². The van der Waals surface area contributed by atoms with Crippen LogP contribution in [-0.4, -0.2) is 18.5 Å². The number of likely N-dealkylation sites (N-methyl/N-ethyl adjacent to an activating group) is 1. The smallest absolute Gasteiger partial charge is 0.0486 e. The second kappa shape index (κ2) is 7.41. The maximum absolute atomic E-state index is 6.34. The first kappa shape index (κ1) is 16.5. The van der Waals surface area contributed by atoms with Crippen molar-refractivity contribution in [2.75, 3.05) is 13.6 Å². The van der Waals surface area contributed by atoms with Crippen LogP contribution < -0.4 is 5.73 Å². The van der Waals surface area contributed by atoms with Crippen molar-refractivity contribution in [2.45, 2.75) is 19.5 Å². The van der Waals surface area contributed by atoms with Crippen LogP contribution in [0.2, 0.25) is 5.02 Å². The van der Waals surface area contributed by atoms with Gasteiger partial charge < -0.3 is 5.73 Å². The Bertz CT molecular complexity index is 615. The Morgan fingerprint density at radius 3 is 2.67 bits per heavy atom. The van der Waals surface area contributed by atoms with Crippen molar-refractivity contribution in [1.82, 2.24) is 4.90 Å². The molecule has 2 rings (SSSR count). The first-order valence-corrected chi connectivity index (χ1v) is 8.09. The fourth-order valence-corrected chi connectivity index (χ4v) is 3.15. The standard InChI is InChI=1S/C17H20BrClN2/c1-12-4-3-5-13(8-12)11-21(2)17(10-20)15-9-14(18)6-7-16(15)19/h3-9,17H,10-11,20H2,1-2H3. The number of benzene rings is 2. The predicted octanol–water partition coefficient (Wildman–Crippen LogP) is 4.54. The number of nitrogens with zero attached hydrogens (tertiary/aromatic N) is 1. The van der Waals surface area contributed by atoms with E-state index in [0.717, 1.165) is 21.6 Å². The van der Waals surface area contributed by atoms with Gasteiger partial charge >= 0.3 is 0 Å². The Hall–Kier alpha value is -0.870. The van der Waals surface area contributed by atoms with E-state index in [1.807, 2.05) is 18.2 Å². The van der Waals surface area contributed by atoms with Crippen LogP contribution in [0.5, 0.6) is 0 Å². The normalized spacial score (nSPS) is 12.7. The summed E-state index contributed by atoms with van der Waals surface area (Å²) in [4.78, 5) is 2.24. The van der Waals surface area contributed by atoms with Crippen molar-refractivity contribution >= 4 is 27.5 Å². The third kappa shape index (κ3) is 4.30. The van der Waals surface area contributed by atoms with Gasteiger partial charge in [0, 0.05) is 28.6 Å². The molecule has 0 amide bonds. The third-order valence-corrected chi connectivity index (χ3v) is 4.42. The second-order valence-corrected chi connectivity index (χ2v) is 6.64. The van der Waals surface area contributed by atoms with Crippen molar-refractivity contribution in [1.29, 1.82) is 0 Å². The fourth-order valence-electron chi connectivity index (χ4n) is 2.52. The first-order chi connectivity index (χ1) is 10.0. The van der Waals surface area contributed by atoms with Gasteiger partial charge in [0.1, 0.15) is 0 Å². The number of halogens is 2. The topological polar surface area (TPSA) is 29.3 Å². The van der Waals surface area contributed by atoms with Gasteiger partial charge in [0.25, 0.3) is 0 Å². The SMILES string of the molecule is Cc1cccc(CN(C)C(CN)c2cc(Br)ccc2Cl)c1. The van der Waals surface area contributed by atoms with Crippen molar-refractivity contribution in [2.24, 2.45) is 5.73 Å². The maximum Gasteiger partial charge on any atom is 0.0486 e. The van der Waals surface area contributed by atoms with Crippen LogP contribution in [0.3, 0.4) is 0 Å². The van der Waals surface area contributed by atoms with E-state index in [0.29, 0.717) is 6.54 Å². The summed E-state index contributed by atoms with van der Waals surface area (Å²) in [5, 5.41) is 0.754. The highest BCUT2D eigenvalue weighted by molar-refractivity contribution is 9.10. The number of hydrogen-bond acceptors (Lipinski definition) is 2. The lowest BCUT2D eigenvalue weighted by Gasteiger charge is -2.28. The second-order valence-electron chi connectivity index (χ2n) is 5.32. The van der Waals surface area contributed by atoms with Gasteiger partial charge in [-0.2, -0.15) is 0 Å². The molecule has 0 spiro atoms. The van der Waals surface area contributed by atoms with E-state index in [9.17, 15) is 0 Å². The molecule has 4 heteroatoms. The Labute approximate surface area is 140 Å².